The van der Waals surface area contributed by atoms with Crippen LogP contribution in [0.2, 0.25) is 0 Å². The van der Waals surface area contributed by atoms with E-state index in [0.717, 1.165) is 24.2 Å². The van der Waals surface area contributed by atoms with Crippen LogP contribution in [0.5, 0.6) is 0 Å². The van der Waals surface area contributed by atoms with Gasteiger partial charge in [0, 0.05) is 13.1 Å². The quantitative estimate of drug-likeness (QED) is 0.904. The lowest BCUT2D eigenvalue weighted by Gasteiger charge is -2.23. The Balaban J connectivity index is 2.33. The van der Waals surface area contributed by atoms with E-state index in [2.05, 4.69) is 0 Å². The van der Waals surface area contributed by atoms with Crippen LogP contribution in [0, 0.1) is 12.8 Å². The SMILES string of the molecule is Cc1cc(S(=O)(=O)N(C)C(C)C2CC2)sc1C(=O)O. The number of carboxylic acids is 1. The van der Waals surface area contributed by atoms with Crippen molar-refractivity contribution in [2.45, 2.75) is 36.9 Å². The van der Waals surface area contributed by atoms with Gasteiger partial charge >= 0.3 is 5.97 Å². The van der Waals surface area contributed by atoms with Gasteiger partial charge in [0.1, 0.15) is 9.09 Å². The fraction of sp³-hybridized carbons (Fsp3) is 0.583. The van der Waals surface area contributed by atoms with Gasteiger partial charge in [0.15, 0.2) is 0 Å². The zero-order valence-corrected chi connectivity index (χ0v) is 12.7. The summed E-state index contributed by atoms with van der Waals surface area (Å²) in [7, 11) is -2.03. The van der Waals surface area contributed by atoms with E-state index in [0.29, 0.717) is 11.5 Å². The first-order chi connectivity index (χ1) is 8.75. The van der Waals surface area contributed by atoms with Crippen molar-refractivity contribution in [3.63, 3.8) is 0 Å². The lowest BCUT2D eigenvalue weighted by molar-refractivity contribution is 0.0701. The summed E-state index contributed by atoms with van der Waals surface area (Å²) in [5.74, 6) is -0.651. The molecule has 0 spiro atoms. The van der Waals surface area contributed by atoms with Crippen molar-refractivity contribution in [1.29, 1.82) is 0 Å². The molecule has 1 aromatic heterocycles. The van der Waals surface area contributed by atoms with E-state index < -0.39 is 16.0 Å². The number of aryl methyl sites for hydroxylation is 1. The Morgan fingerprint density at radius 2 is 2.11 bits per heavy atom. The Morgan fingerprint density at radius 1 is 1.53 bits per heavy atom. The van der Waals surface area contributed by atoms with E-state index >= 15 is 0 Å². The summed E-state index contributed by atoms with van der Waals surface area (Å²) >= 11 is 0.823. The second-order valence-corrected chi connectivity index (χ2v) is 8.26. The standard InChI is InChI=1S/C12H17NO4S2/c1-7-6-10(18-11(7)12(14)15)19(16,17)13(3)8(2)9-4-5-9/h6,8-9H,4-5H2,1-3H3,(H,14,15). The highest BCUT2D eigenvalue weighted by Gasteiger charge is 2.37. The highest BCUT2D eigenvalue weighted by Crippen LogP contribution is 2.37. The maximum Gasteiger partial charge on any atom is 0.346 e. The molecule has 1 heterocycles. The molecule has 19 heavy (non-hydrogen) atoms. The number of carboxylic acid groups (broad SMARTS) is 1. The molecule has 0 saturated heterocycles. The van der Waals surface area contributed by atoms with Gasteiger partial charge in [-0.3, -0.25) is 0 Å². The van der Waals surface area contributed by atoms with E-state index in [9.17, 15) is 13.2 Å². The normalized spacial score (nSPS) is 17.7. The molecule has 2 rings (SSSR count). The van der Waals surface area contributed by atoms with Crippen molar-refractivity contribution in [2.75, 3.05) is 7.05 Å². The third-order valence-electron chi connectivity index (χ3n) is 3.60. The summed E-state index contributed by atoms with van der Waals surface area (Å²) in [5, 5.41) is 8.99. The number of hydrogen-bond acceptors (Lipinski definition) is 4. The van der Waals surface area contributed by atoms with Gasteiger partial charge in [-0.25, -0.2) is 13.2 Å². The van der Waals surface area contributed by atoms with Gasteiger partial charge in [0.25, 0.3) is 10.0 Å². The molecule has 0 radical (unpaired) electrons. The second-order valence-electron chi connectivity index (χ2n) is 4.98. The summed E-state index contributed by atoms with van der Waals surface area (Å²) in [6, 6.07) is 1.40. The average Bonchev–Trinajstić information content (AvgIpc) is 3.09. The molecule has 0 amide bonds. The van der Waals surface area contributed by atoms with Crippen LogP contribution in [0.3, 0.4) is 0 Å². The van der Waals surface area contributed by atoms with Crippen LogP contribution < -0.4 is 0 Å². The monoisotopic (exact) mass is 303 g/mol. The van der Waals surface area contributed by atoms with E-state index in [-0.39, 0.29) is 15.1 Å². The lowest BCUT2D eigenvalue weighted by Crippen LogP contribution is -2.36. The summed E-state index contributed by atoms with van der Waals surface area (Å²) in [6.07, 6.45) is 2.12. The maximum atomic E-state index is 12.4. The van der Waals surface area contributed by atoms with Crippen molar-refractivity contribution in [3.8, 4) is 0 Å². The minimum Gasteiger partial charge on any atom is -0.477 e. The fourth-order valence-electron chi connectivity index (χ4n) is 2.03. The molecular formula is C12H17NO4S2. The van der Waals surface area contributed by atoms with Gasteiger partial charge in [-0.05, 0) is 44.2 Å². The Bertz CT molecular complexity index is 601. The Labute approximate surface area is 116 Å². The van der Waals surface area contributed by atoms with E-state index in [1.54, 1.807) is 14.0 Å². The van der Waals surface area contributed by atoms with Crippen LogP contribution in [0.1, 0.15) is 35.0 Å². The molecule has 0 aromatic carbocycles. The van der Waals surface area contributed by atoms with Crippen molar-refractivity contribution >= 4 is 27.3 Å². The first-order valence-corrected chi connectivity index (χ1v) is 8.32. The van der Waals surface area contributed by atoms with Crippen LogP contribution in [0.4, 0.5) is 0 Å². The average molecular weight is 303 g/mol. The largest absolute Gasteiger partial charge is 0.477 e. The molecule has 1 saturated carbocycles. The number of rotatable bonds is 5. The second kappa shape index (κ2) is 4.88. The van der Waals surface area contributed by atoms with Crippen LogP contribution in [-0.4, -0.2) is 36.9 Å². The Morgan fingerprint density at radius 3 is 2.53 bits per heavy atom. The topological polar surface area (TPSA) is 74.7 Å². The molecule has 1 aliphatic carbocycles. The summed E-state index contributed by atoms with van der Waals surface area (Å²) in [6.45, 7) is 3.51. The first-order valence-electron chi connectivity index (χ1n) is 6.07. The Hall–Kier alpha value is -0.920. The zero-order chi connectivity index (χ0) is 14.4. The molecular weight excluding hydrogens is 286 g/mol. The number of carbonyl (C=O) groups is 1. The Kier molecular flexibility index (Phi) is 3.72. The van der Waals surface area contributed by atoms with Crippen molar-refractivity contribution in [3.05, 3.63) is 16.5 Å². The van der Waals surface area contributed by atoms with Gasteiger partial charge in [-0.1, -0.05) is 0 Å². The number of thiophene rings is 1. The van der Waals surface area contributed by atoms with Crippen LogP contribution in [0.25, 0.3) is 0 Å². The van der Waals surface area contributed by atoms with Crippen LogP contribution in [0.15, 0.2) is 10.3 Å². The molecule has 1 unspecified atom stereocenters. The zero-order valence-electron chi connectivity index (χ0n) is 11.1. The number of aromatic carboxylic acids is 1. The predicted octanol–water partition coefficient (Wildman–Crippen LogP) is 2.17. The van der Waals surface area contributed by atoms with Crippen LogP contribution >= 0.6 is 11.3 Å². The van der Waals surface area contributed by atoms with E-state index in [4.69, 9.17) is 5.11 Å². The molecule has 1 N–H and O–H groups in total. The molecule has 1 atom stereocenters. The maximum absolute atomic E-state index is 12.4. The highest BCUT2D eigenvalue weighted by atomic mass is 32.2. The van der Waals surface area contributed by atoms with Crippen molar-refractivity contribution < 1.29 is 18.3 Å². The third kappa shape index (κ3) is 2.68. The molecule has 5 nitrogen and oxygen atoms in total. The molecule has 1 aliphatic rings. The van der Waals surface area contributed by atoms with Gasteiger partial charge in [-0.15, -0.1) is 11.3 Å². The number of hydrogen-bond donors (Lipinski definition) is 1. The van der Waals surface area contributed by atoms with Crippen molar-refractivity contribution in [2.24, 2.45) is 5.92 Å². The predicted molar refractivity (Wildman–Crippen MR) is 73.2 cm³/mol. The summed E-state index contributed by atoms with van der Waals surface area (Å²) < 4.78 is 26.3. The van der Waals surface area contributed by atoms with Gasteiger partial charge < -0.3 is 5.11 Å². The van der Waals surface area contributed by atoms with Crippen molar-refractivity contribution in [1.82, 2.24) is 4.31 Å². The lowest BCUT2D eigenvalue weighted by atomic mass is 10.2. The summed E-state index contributed by atoms with van der Waals surface area (Å²) in [5.41, 5.74) is 0.489. The smallest absolute Gasteiger partial charge is 0.346 e. The molecule has 106 valence electrons. The number of nitrogens with zero attached hydrogens (tertiary/aromatic N) is 1. The minimum absolute atomic E-state index is 0.0410. The fourth-order valence-corrected chi connectivity index (χ4v) is 5.02. The highest BCUT2D eigenvalue weighted by molar-refractivity contribution is 7.91. The summed E-state index contributed by atoms with van der Waals surface area (Å²) in [4.78, 5) is 11.1. The van der Waals surface area contributed by atoms with Gasteiger partial charge in [-0.2, -0.15) is 4.31 Å². The minimum atomic E-state index is -3.59. The van der Waals surface area contributed by atoms with Gasteiger partial charge in [0.05, 0.1) is 0 Å². The number of sulfonamides is 1. The molecule has 1 aromatic rings. The molecule has 0 bridgehead atoms. The first kappa shape index (κ1) is 14.5. The van der Waals surface area contributed by atoms with Gasteiger partial charge in [0.2, 0.25) is 0 Å². The molecule has 7 heteroatoms. The van der Waals surface area contributed by atoms with Crippen LogP contribution in [-0.2, 0) is 10.0 Å². The van der Waals surface area contributed by atoms with E-state index in [1.165, 1.54) is 10.4 Å². The van der Waals surface area contributed by atoms with E-state index in [1.807, 2.05) is 6.92 Å². The third-order valence-corrected chi connectivity index (χ3v) is 7.22. The molecule has 0 aliphatic heterocycles. The molecule has 1 fully saturated rings.